The van der Waals surface area contributed by atoms with Gasteiger partial charge in [-0.15, -0.1) is 0 Å². The average molecular weight is 174 g/mol. The highest BCUT2D eigenvalue weighted by Gasteiger charge is 2.14. The maximum absolute atomic E-state index is 2.31. The highest BCUT2D eigenvalue weighted by Crippen LogP contribution is 2.33. The Morgan fingerprint density at radius 3 is 2.15 bits per heavy atom. The lowest BCUT2D eigenvalue weighted by molar-refractivity contribution is 0.596. The van der Waals surface area contributed by atoms with Gasteiger partial charge in [-0.1, -0.05) is 24.1 Å². The summed E-state index contributed by atoms with van der Waals surface area (Å²) >= 11 is 0. The van der Waals surface area contributed by atoms with Crippen molar-refractivity contribution in [2.24, 2.45) is 0 Å². The summed E-state index contributed by atoms with van der Waals surface area (Å²) in [5.74, 6) is 0. The van der Waals surface area contributed by atoms with Crippen LogP contribution in [0.3, 0.4) is 0 Å². The van der Waals surface area contributed by atoms with Gasteiger partial charge in [0.05, 0.1) is 0 Å². The summed E-state index contributed by atoms with van der Waals surface area (Å²) in [6, 6.07) is 0. The Bertz CT molecular complexity index is 292. The quantitative estimate of drug-likeness (QED) is 0.517. The molecule has 0 unspecified atom stereocenters. The van der Waals surface area contributed by atoms with Gasteiger partial charge in [0.1, 0.15) is 0 Å². The van der Waals surface area contributed by atoms with Crippen LogP contribution in [0.15, 0.2) is 34.4 Å². The lowest BCUT2D eigenvalue weighted by Crippen LogP contribution is -1.97. The van der Waals surface area contributed by atoms with Crippen LogP contribution in [0.4, 0.5) is 0 Å². The zero-order valence-corrected chi connectivity index (χ0v) is 8.69. The van der Waals surface area contributed by atoms with Gasteiger partial charge in [0.2, 0.25) is 0 Å². The fourth-order valence-electron chi connectivity index (χ4n) is 2.30. The molecule has 0 atom stereocenters. The van der Waals surface area contributed by atoms with Gasteiger partial charge < -0.3 is 0 Å². The van der Waals surface area contributed by atoms with E-state index in [4.69, 9.17) is 0 Å². The fraction of sp³-hybridized carbons (Fsp3) is 0.538. The third-order valence-corrected chi connectivity index (χ3v) is 3.33. The Labute approximate surface area is 81.0 Å². The molecule has 0 aromatic rings. The fourth-order valence-corrected chi connectivity index (χ4v) is 2.30. The van der Waals surface area contributed by atoms with Crippen molar-refractivity contribution in [3.63, 3.8) is 0 Å². The van der Waals surface area contributed by atoms with E-state index < -0.39 is 0 Å². The second-order valence-corrected chi connectivity index (χ2v) is 4.22. The second kappa shape index (κ2) is 3.53. The summed E-state index contributed by atoms with van der Waals surface area (Å²) in [5, 5.41) is 0. The topological polar surface area (TPSA) is 0 Å². The predicted octanol–water partition coefficient (Wildman–Crippen LogP) is 4.15. The molecule has 0 nitrogen and oxygen atoms in total. The third-order valence-electron chi connectivity index (χ3n) is 3.33. The predicted molar refractivity (Wildman–Crippen MR) is 57.6 cm³/mol. The molecule has 0 amide bonds. The van der Waals surface area contributed by atoms with Gasteiger partial charge in [-0.2, -0.15) is 0 Å². The number of hydrogen-bond donors (Lipinski definition) is 0. The molecule has 0 bridgehead atoms. The van der Waals surface area contributed by atoms with Gasteiger partial charge >= 0.3 is 0 Å². The summed E-state index contributed by atoms with van der Waals surface area (Å²) in [7, 11) is 0. The molecule has 70 valence electrons. The molecule has 13 heavy (non-hydrogen) atoms. The van der Waals surface area contributed by atoms with Crippen LogP contribution < -0.4 is 0 Å². The van der Waals surface area contributed by atoms with Crippen molar-refractivity contribution in [1.29, 1.82) is 0 Å². The zero-order valence-electron chi connectivity index (χ0n) is 8.69. The minimum Gasteiger partial charge on any atom is -0.0627 e. The molecule has 1 saturated carbocycles. The van der Waals surface area contributed by atoms with E-state index in [2.05, 4.69) is 26.0 Å². The number of rotatable bonds is 0. The standard InChI is InChI=1S/C13H18/c1-10-8-9-13(11(10)2)12-6-4-3-5-7-12/h8-9H,3-7H2,1-2H3. The van der Waals surface area contributed by atoms with Crippen molar-refractivity contribution in [3.8, 4) is 0 Å². The lowest BCUT2D eigenvalue weighted by atomic mass is 9.89. The van der Waals surface area contributed by atoms with E-state index in [0.717, 1.165) is 0 Å². The van der Waals surface area contributed by atoms with Gasteiger partial charge in [-0.3, -0.25) is 0 Å². The van der Waals surface area contributed by atoms with Crippen molar-refractivity contribution >= 4 is 0 Å². The smallest absolute Gasteiger partial charge is 0.0233 e. The maximum atomic E-state index is 2.31. The monoisotopic (exact) mass is 174 g/mol. The highest BCUT2D eigenvalue weighted by molar-refractivity contribution is 5.54. The molecular weight excluding hydrogens is 156 g/mol. The molecule has 0 aliphatic heterocycles. The summed E-state index contributed by atoms with van der Waals surface area (Å²) in [5.41, 5.74) is 6.22. The minimum atomic E-state index is 1.34. The molecule has 0 heterocycles. The van der Waals surface area contributed by atoms with Gasteiger partial charge in [-0.25, -0.2) is 0 Å². The Morgan fingerprint density at radius 1 is 0.923 bits per heavy atom. The lowest BCUT2D eigenvalue weighted by Gasteiger charge is -2.16. The van der Waals surface area contributed by atoms with Gasteiger partial charge in [0.15, 0.2) is 0 Å². The minimum absolute atomic E-state index is 1.34. The van der Waals surface area contributed by atoms with Crippen LogP contribution >= 0.6 is 0 Å². The molecule has 0 aromatic heterocycles. The molecule has 1 fully saturated rings. The molecule has 0 radical (unpaired) electrons. The van der Waals surface area contributed by atoms with E-state index in [-0.39, 0.29) is 0 Å². The molecule has 0 N–H and O–H groups in total. The van der Waals surface area contributed by atoms with Gasteiger partial charge in [-0.05, 0) is 56.3 Å². The first-order chi connectivity index (χ1) is 6.29. The first-order valence-corrected chi connectivity index (χ1v) is 5.37. The summed E-state index contributed by atoms with van der Waals surface area (Å²) < 4.78 is 0. The van der Waals surface area contributed by atoms with Crippen molar-refractivity contribution < 1.29 is 0 Å². The first kappa shape index (κ1) is 8.80. The summed E-state index contributed by atoms with van der Waals surface area (Å²) in [6.07, 6.45) is 11.5. The molecule has 2 rings (SSSR count). The Kier molecular flexibility index (Phi) is 2.39. The van der Waals surface area contributed by atoms with E-state index in [1.54, 1.807) is 11.1 Å². The first-order valence-electron chi connectivity index (χ1n) is 5.37. The molecule has 0 heteroatoms. The molecular formula is C13H18. The summed E-state index contributed by atoms with van der Waals surface area (Å²) in [6.45, 7) is 4.47. The van der Waals surface area contributed by atoms with Crippen LogP contribution in [0.1, 0.15) is 46.0 Å². The van der Waals surface area contributed by atoms with Crippen LogP contribution in [0.25, 0.3) is 0 Å². The Hall–Kier alpha value is -0.780. The van der Waals surface area contributed by atoms with E-state index in [9.17, 15) is 0 Å². The van der Waals surface area contributed by atoms with Crippen LogP contribution in [0.2, 0.25) is 0 Å². The molecule has 2 aliphatic carbocycles. The van der Waals surface area contributed by atoms with Crippen molar-refractivity contribution in [1.82, 2.24) is 0 Å². The van der Waals surface area contributed by atoms with Crippen molar-refractivity contribution in [3.05, 3.63) is 34.4 Å². The average Bonchev–Trinajstić information content (AvgIpc) is 2.49. The van der Waals surface area contributed by atoms with Gasteiger partial charge in [0.25, 0.3) is 0 Å². The van der Waals surface area contributed by atoms with Crippen LogP contribution in [0.5, 0.6) is 0 Å². The van der Waals surface area contributed by atoms with E-state index in [1.807, 2.05) is 0 Å². The second-order valence-electron chi connectivity index (χ2n) is 4.22. The van der Waals surface area contributed by atoms with E-state index >= 15 is 0 Å². The number of allylic oxidation sites excluding steroid dienone is 6. The van der Waals surface area contributed by atoms with Crippen molar-refractivity contribution in [2.45, 2.75) is 46.0 Å². The highest BCUT2D eigenvalue weighted by atomic mass is 14.2. The van der Waals surface area contributed by atoms with Crippen LogP contribution in [-0.2, 0) is 0 Å². The molecule has 0 saturated heterocycles. The molecule has 2 aliphatic rings. The number of hydrogen-bond acceptors (Lipinski definition) is 0. The van der Waals surface area contributed by atoms with Crippen LogP contribution in [-0.4, -0.2) is 0 Å². The van der Waals surface area contributed by atoms with E-state index in [0.29, 0.717) is 0 Å². The normalized spacial score (nSPS) is 23.2. The largest absolute Gasteiger partial charge is 0.0627 e. The van der Waals surface area contributed by atoms with Crippen LogP contribution in [0, 0.1) is 0 Å². The van der Waals surface area contributed by atoms with E-state index in [1.165, 1.54) is 43.3 Å². The maximum Gasteiger partial charge on any atom is -0.0233 e. The summed E-state index contributed by atoms with van der Waals surface area (Å²) in [4.78, 5) is 0. The SMILES string of the molecule is CC1=C(C)C(=C2CCCCC2)C=C1. The Morgan fingerprint density at radius 2 is 1.62 bits per heavy atom. The third kappa shape index (κ3) is 1.63. The molecule has 0 aromatic carbocycles. The van der Waals surface area contributed by atoms with Gasteiger partial charge in [0, 0.05) is 0 Å². The molecule has 0 spiro atoms. The Balaban J connectivity index is 2.29. The zero-order chi connectivity index (χ0) is 9.26. The van der Waals surface area contributed by atoms with Crippen molar-refractivity contribution in [2.75, 3.05) is 0 Å².